The maximum atomic E-state index is 14.1. The Morgan fingerprint density at radius 1 is 0.911 bits per heavy atom. The van der Waals surface area contributed by atoms with Crippen LogP contribution >= 0.6 is 0 Å². The Kier molecular flexibility index (Phi) is 8.64. The quantitative estimate of drug-likeness (QED) is 0.292. The summed E-state index contributed by atoms with van der Waals surface area (Å²) in [5.41, 5.74) is -3.36. The molecule has 2 aliphatic rings. The highest BCUT2D eigenvalue weighted by atomic mass is 19.4. The van der Waals surface area contributed by atoms with Crippen LogP contribution < -0.4 is 9.80 Å². The van der Waals surface area contributed by atoms with Crippen LogP contribution in [0.3, 0.4) is 0 Å². The average molecular weight is 639 g/mol. The molecule has 3 aromatic rings. The number of ether oxygens (including phenoxy) is 1. The molecule has 6 nitrogen and oxygen atoms in total. The summed E-state index contributed by atoms with van der Waals surface area (Å²) in [5.74, 6) is -0.620. The number of alkyl halides is 6. The molecule has 2 saturated heterocycles. The topological polar surface area (TPSA) is 48.9 Å². The van der Waals surface area contributed by atoms with Crippen molar-refractivity contribution in [2.75, 3.05) is 56.2 Å². The number of pyridine rings is 1. The summed E-state index contributed by atoms with van der Waals surface area (Å²) >= 11 is 0. The number of anilines is 2. The summed E-state index contributed by atoms with van der Waals surface area (Å²) < 4.78 is 102. The number of morpholine rings is 1. The normalized spacial score (nSPS) is 18.1. The molecule has 2 fully saturated rings. The second-order valence-electron chi connectivity index (χ2n) is 12.0. The molecule has 2 aromatic carbocycles. The molecule has 1 atom stereocenters. The van der Waals surface area contributed by atoms with E-state index in [4.69, 9.17) is 4.74 Å². The van der Waals surface area contributed by atoms with Crippen LogP contribution in [0.1, 0.15) is 36.1 Å². The number of carbonyl (C=O) groups is 1. The summed E-state index contributed by atoms with van der Waals surface area (Å²) in [6, 6.07) is 7.30. The van der Waals surface area contributed by atoms with Gasteiger partial charge in [-0.15, -0.1) is 0 Å². The highest BCUT2D eigenvalue weighted by Gasteiger charge is 2.41. The fourth-order valence-corrected chi connectivity index (χ4v) is 5.94. The van der Waals surface area contributed by atoms with Crippen molar-refractivity contribution in [3.63, 3.8) is 0 Å². The Labute approximate surface area is 256 Å². The van der Waals surface area contributed by atoms with E-state index in [1.807, 2.05) is 0 Å². The number of hydrogen-bond donors (Lipinski definition) is 0. The van der Waals surface area contributed by atoms with Gasteiger partial charge in [0.1, 0.15) is 11.6 Å². The Bertz CT molecular complexity index is 1560. The second-order valence-corrected chi connectivity index (χ2v) is 12.0. The van der Waals surface area contributed by atoms with Gasteiger partial charge < -0.3 is 14.5 Å². The van der Waals surface area contributed by atoms with Gasteiger partial charge in [-0.3, -0.25) is 9.69 Å². The van der Waals surface area contributed by atoms with Crippen molar-refractivity contribution in [2.45, 2.75) is 44.6 Å². The molecule has 1 amide bonds. The number of carbonyl (C=O) groups excluding carboxylic acids is 1. The summed E-state index contributed by atoms with van der Waals surface area (Å²) in [5, 5.41) is 0. The van der Waals surface area contributed by atoms with Crippen molar-refractivity contribution in [1.82, 2.24) is 9.88 Å². The van der Waals surface area contributed by atoms with Crippen molar-refractivity contribution in [2.24, 2.45) is 0 Å². The van der Waals surface area contributed by atoms with Crippen LogP contribution in [-0.2, 0) is 27.3 Å². The number of hydrogen-bond acceptors (Lipinski definition) is 5. The third-order valence-corrected chi connectivity index (χ3v) is 8.62. The van der Waals surface area contributed by atoms with Crippen molar-refractivity contribution in [3.8, 4) is 11.1 Å². The van der Waals surface area contributed by atoms with Gasteiger partial charge in [0.2, 0.25) is 5.91 Å². The molecule has 0 aliphatic carbocycles. The third kappa shape index (κ3) is 6.64. The number of piperazine rings is 1. The molecule has 45 heavy (non-hydrogen) atoms. The summed E-state index contributed by atoms with van der Waals surface area (Å²) in [7, 11) is 1.39. The lowest BCUT2D eigenvalue weighted by atomic mass is 9.81. The lowest BCUT2D eigenvalue weighted by Gasteiger charge is -2.44. The fourth-order valence-electron chi connectivity index (χ4n) is 5.94. The van der Waals surface area contributed by atoms with Gasteiger partial charge >= 0.3 is 12.4 Å². The summed E-state index contributed by atoms with van der Waals surface area (Å²) in [6.45, 7) is 8.47. The molecule has 242 valence electrons. The lowest BCUT2D eigenvalue weighted by molar-refractivity contribution is -0.143. The highest BCUT2D eigenvalue weighted by molar-refractivity contribution is 6.03. The molecule has 0 unspecified atom stereocenters. The summed E-state index contributed by atoms with van der Waals surface area (Å²) in [6.07, 6.45) is -8.68. The van der Waals surface area contributed by atoms with E-state index in [1.165, 1.54) is 44.1 Å². The van der Waals surface area contributed by atoms with E-state index < -0.39 is 46.2 Å². The van der Waals surface area contributed by atoms with Crippen LogP contribution in [0.2, 0.25) is 0 Å². The van der Waals surface area contributed by atoms with Crippen molar-refractivity contribution in [1.29, 1.82) is 0 Å². The minimum Gasteiger partial charge on any atom is -0.378 e. The van der Waals surface area contributed by atoms with Gasteiger partial charge in [-0.2, -0.15) is 26.3 Å². The maximum absolute atomic E-state index is 14.1. The number of aromatic nitrogens is 1. The molecule has 0 bridgehead atoms. The predicted molar refractivity (Wildman–Crippen MR) is 156 cm³/mol. The smallest absolute Gasteiger partial charge is 0.378 e. The van der Waals surface area contributed by atoms with Gasteiger partial charge in [0, 0.05) is 38.8 Å². The molecule has 13 heteroatoms. The number of halogens is 7. The number of rotatable bonds is 5. The number of likely N-dealkylation sites (N-methyl/N-ethyl adjacent to an activating group) is 1. The fraction of sp³-hybridized carbons (Fsp3) is 0.438. The first kappa shape index (κ1) is 32.7. The van der Waals surface area contributed by atoms with Gasteiger partial charge in [-0.05, 0) is 73.9 Å². The van der Waals surface area contributed by atoms with Crippen LogP contribution in [0, 0.1) is 12.7 Å². The molecule has 0 spiro atoms. The molecule has 1 aromatic heterocycles. The van der Waals surface area contributed by atoms with Crippen LogP contribution in [0.25, 0.3) is 11.1 Å². The second kappa shape index (κ2) is 11.9. The van der Waals surface area contributed by atoms with Gasteiger partial charge in [-0.25, -0.2) is 9.37 Å². The number of aryl methyl sites for hydroxylation is 1. The van der Waals surface area contributed by atoms with E-state index in [-0.39, 0.29) is 17.8 Å². The minimum absolute atomic E-state index is 0.0328. The largest absolute Gasteiger partial charge is 0.416 e. The van der Waals surface area contributed by atoms with Gasteiger partial charge in [0.15, 0.2) is 0 Å². The number of nitrogens with zero attached hydrogens (tertiary/aromatic N) is 4. The Morgan fingerprint density at radius 2 is 1.56 bits per heavy atom. The zero-order valence-corrected chi connectivity index (χ0v) is 25.2. The van der Waals surface area contributed by atoms with Crippen LogP contribution in [0.15, 0.2) is 48.7 Å². The minimum atomic E-state index is -5.07. The Balaban J connectivity index is 1.56. The van der Waals surface area contributed by atoms with Gasteiger partial charge in [0.25, 0.3) is 0 Å². The van der Waals surface area contributed by atoms with Gasteiger partial charge in [0.05, 0.1) is 47.7 Å². The molecule has 3 heterocycles. The van der Waals surface area contributed by atoms with Crippen LogP contribution in [-0.4, -0.2) is 68.3 Å². The monoisotopic (exact) mass is 638 g/mol. The molecule has 0 radical (unpaired) electrons. The first-order valence-electron chi connectivity index (χ1n) is 14.4. The lowest BCUT2D eigenvalue weighted by Crippen LogP contribution is -2.58. The van der Waals surface area contributed by atoms with E-state index in [9.17, 15) is 35.5 Å². The first-order valence-corrected chi connectivity index (χ1v) is 14.4. The Hall–Kier alpha value is -3.71. The number of fused-ring (bicyclic) bond motifs is 1. The van der Waals surface area contributed by atoms with Crippen molar-refractivity contribution >= 4 is 17.4 Å². The van der Waals surface area contributed by atoms with E-state index in [0.29, 0.717) is 60.9 Å². The molecule has 5 rings (SSSR count). The Morgan fingerprint density at radius 3 is 2.18 bits per heavy atom. The SMILES string of the molecule is Cc1cc(F)ccc1-c1cc(N2CCN3CCOC[C@@H]3C2)ncc1N(C)C(=O)C(C)(C)c1cc(C(F)(F)F)cc(C(F)(F)F)c1. The first-order chi connectivity index (χ1) is 21.0. The summed E-state index contributed by atoms with van der Waals surface area (Å²) in [4.78, 5) is 24.2. The van der Waals surface area contributed by atoms with Gasteiger partial charge in [-0.1, -0.05) is 6.07 Å². The molecular weight excluding hydrogens is 605 g/mol. The molecular formula is C32H33F7N4O2. The zero-order valence-electron chi connectivity index (χ0n) is 25.2. The van der Waals surface area contributed by atoms with E-state index >= 15 is 0 Å². The standard InChI is InChI=1S/C32H33F7N4O2/c1-19-11-23(33)5-6-25(19)26-15-28(43-8-7-42-9-10-45-18-24(42)17-43)40-16-27(26)41(4)29(44)30(2,3)20-12-21(31(34,35)36)14-22(13-20)32(37,38)39/h5-6,11-16,24H,7-10,17-18H2,1-4H3/t24-/m0/s1. The van der Waals surface area contributed by atoms with Crippen LogP contribution in [0.5, 0.6) is 0 Å². The number of benzene rings is 2. The van der Waals surface area contributed by atoms with Crippen LogP contribution in [0.4, 0.5) is 42.2 Å². The van der Waals surface area contributed by atoms with E-state index in [0.717, 1.165) is 13.1 Å². The maximum Gasteiger partial charge on any atom is 0.416 e. The molecule has 0 N–H and O–H groups in total. The zero-order chi connectivity index (χ0) is 32.9. The number of amides is 1. The van der Waals surface area contributed by atoms with E-state index in [2.05, 4.69) is 14.8 Å². The van der Waals surface area contributed by atoms with E-state index in [1.54, 1.807) is 19.1 Å². The third-order valence-electron chi connectivity index (χ3n) is 8.62. The van der Waals surface area contributed by atoms with Crippen molar-refractivity contribution < 1.29 is 40.3 Å². The van der Waals surface area contributed by atoms with Crippen molar-refractivity contribution in [3.05, 3.63) is 76.7 Å². The molecule has 2 aliphatic heterocycles. The average Bonchev–Trinajstić information content (AvgIpc) is 2.98. The highest BCUT2D eigenvalue weighted by Crippen LogP contribution is 2.41. The molecule has 0 saturated carbocycles. The predicted octanol–water partition coefficient (Wildman–Crippen LogP) is 6.70.